The molecule has 0 bridgehead atoms. The first-order valence-electron chi connectivity index (χ1n) is 12.3. The molecular formula is C25H44O7Si. The number of ether oxygens (including phenoxy) is 3. The van der Waals surface area contributed by atoms with Gasteiger partial charge in [0, 0.05) is 6.08 Å². The van der Waals surface area contributed by atoms with Crippen molar-refractivity contribution < 1.29 is 33.6 Å². The second kappa shape index (κ2) is 12.6. The molecule has 0 aromatic carbocycles. The van der Waals surface area contributed by atoms with Crippen LogP contribution in [0.2, 0.25) is 16.6 Å². The van der Waals surface area contributed by atoms with Crippen molar-refractivity contribution in [2.24, 2.45) is 0 Å². The lowest BCUT2D eigenvalue weighted by atomic mass is 9.91. The molecule has 1 fully saturated rings. The van der Waals surface area contributed by atoms with Crippen LogP contribution in [0.25, 0.3) is 0 Å². The van der Waals surface area contributed by atoms with Gasteiger partial charge in [-0.2, -0.15) is 0 Å². The van der Waals surface area contributed by atoms with Crippen molar-refractivity contribution in [2.75, 3.05) is 13.7 Å². The van der Waals surface area contributed by atoms with E-state index in [4.69, 9.17) is 13.9 Å². The van der Waals surface area contributed by atoms with Crippen LogP contribution in [-0.4, -0.2) is 74.8 Å². The number of hydrogen-bond donors (Lipinski definition) is 2. The second-order valence-electron chi connectivity index (χ2n) is 10.1. The summed E-state index contributed by atoms with van der Waals surface area (Å²) >= 11 is 0. The van der Waals surface area contributed by atoms with Crippen LogP contribution in [0.1, 0.15) is 60.8 Å². The predicted octanol–water partition coefficient (Wildman–Crippen LogP) is 3.89. The fraction of sp³-hybridized carbons (Fsp3) is 0.800. The van der Waals surface area contributed by atoms with Crippen LogP contribution in [0.3, 0.4) is 0 Å². The molecule has 2 heterocycles. The number of methoxy groups -OCH3 is 1. The summed E-state index contributed by atoms with van der Waals surface area (Å²) in [6, 6.07) is 0. The zero-order valence-corrected chi connectivity index (χ0v) is 22.3. The van der Waals surface area contributed by atoms with E-state index >= 15 is 0 Å². The van der Waals surface area contributed by atoms with E-state index in [2.05, 4.69) is 46.3 Å². The predicted molar refractivity (Wildman–Crippen MR) is 130 cm³/mol. The molecule has 0 saturated carbocycles. The quantitative estimate of drug-likeness (QED) is 0.210. The lowest BCUT2D eigenvalue weighted by molar-refractivity contribution is -0.240. The molecule has 0 aromatic heterocycles. The molecule has 2 N–H and O–H groups in total. The molecule has 7 nitrogen and oxygen atoms in total. The standard InChI is InChI=1S/C25H44O7Si/c1-16(2)33(17(3)4,18(5)6)30-15-19-11-10-13-21-25(31-19)24(28)23(27)20(32-21)12-8-9-14-22(26)29-7/h9-11,14,16-21,23-25,27-28H,8,12-13,15H2,1-7H3/b14-9+/t19-,20-,21+,23-,24+,25+/m1/s1. The van der Waals surface area contributed by atoms with Gasteiger partial charge in [-0.25, -0.2) is 4.79 Å². The van der Waals surface area contributed by atoms with Crippen LogP contribution in [0.15, 0.2) is 24.3 Å². The van der Waals surface area contributed by atoms with E-state index in [1.165, 1.54) is 13.2 Å². The van der Waals surface area contributed by atoms with E-state index < -0.39 is 38.7 Å². The van der Waals surface area contributed by atoms with Crippen LogP contribution in [0.5, 0.6) is 0 Å². The highest BCUT2D eigenvalue weighted by Gasteiger charge is 2.48. The fourth-order valence-electron chi connectivity index (χ4n) is 5.55. The zero-order valence-electron chi connectivity index (χ0n) is 21.3. The Bertz CT molecular complexity index is 654. The van der Waals surface area contributed by atoms with Gasteiger partial charge < -0.3 is 28.8 Å². The number of hydrogen-bond acceptors (Lipinski definition) is 7. The number of aliphatic hydroxyl groups excluding tert-OH is 2. The van der Waals surface area contributed by atoms with E-state index in [0.717, 1.165) is 0 Å². The van der Waals surface area contributed by atoms with Crippen LogP contribution < -0.4 is 0 Å². The average molecular weight is 485 g/mol. The molecule has 0 aromatic rings. The van der Waals surface area contributed by atoms with Gasteiger partial charge in [0.05, 0.1) is 32.0 Å². The summed E-state index contributed by atoms with van der Waals surface area (Å²) in [5, 5.41) is 21.5. The minimum absolute atomic E-state index is 0.298. The summed E-state index contributed by atoms with van der Waals surface area (Å²) in [6.07, 6.45) is 4.75. The monoisotopic (exact) mass is 484 g/mol. The van der Waals surface area contributed by atoms with Gasteiger partial charge in [-0.1, -0.05) is 59.8 Å². The number of carbonyl (C=O) groups is 1. The molecule has 2 aliphatic rings. The summed E-state index contributed by atoms with van der Waals surface area (Å²) in [7, 11) is -0.714. The van der Waals surface area contributed by atoms with Crippen LogP contribution in [0, 0.1) is 0 Å². The Morgan fingerprint density at radius 2 is 1.73 bits per heavy atom. The third-order valence-electron chi connectivity index (χ3n) is 7.11. The van der Waals surface area contributed by atoms with E-state index in [1.54, 1.807) is 6.08 Å². The first kappa shape index (κ1) is 28.2. The van der Waals surface area contributed by atoms with Gasteiger partial charge in [-0.3, -0.25) is 0 Å². The number of esters is 1. The van der Waals surface area contributed by atoms with Crippen molar-refractivity contribution in [3.05, 3.63) is 24.3 Å². The zero-order chi connectivity index (χ0) is 24.8. The molecule has 0 aliphatic carbocycles. The largest absolute Gasteiger partial charge is 0.466 e. The topological polar surface area (TPSA) is 94.5 Å². The Labute approximate surface area is 200 Å². The molecule has 0 radical (unpaired) electrons. The van der Waals surface area contributed by atoms with Crippen molar-refractivity contribution in [1.82, 2.24) is 0 Å². The first-order valence-corrected chi connectivity index (χ1v) is 14.4. The number of rotatable bonds is 10. The highest BCUT2D eigenvalue weighted by Crippen LogP contribution is 2.42. The molecule has 0 spiro atoms. The maximum absolute atomic E-state index is 11.2. The van der Waals surface area contributed by atoms with E-state index in [-0.39, 0.29) is 12.2 Å². The second-order valence-corrected chi connectivity index (χ2v) is 15.6. The Kier molecular flexibility index (Phi) is 10.8. The molecule has 33 heavy (non-hydrogen) atoms. The molecule has 0 amide bonds. The maximum Gasteiger partial charge on any atom is 0.330 e. The van der Waals surface area contributed by atoms with Crippen molar-refractivity contribution in [3.8, 4) is 0 Å². The van der Waals surface area contributed by atoms with Gasteiger partial charge in [0.25, 0.3) is 0 Å². The fourth-order valence-corrected chi connectivity index (χ4v) is 11.0. The van der Waals surface area contributed by atoms with Crippen LogP contribution in [-0.2, 0) is 23.4 Å². The van der Waals surface area contributed by atoms with Gasteiger partial charge in [-0.05, 0) is 35.9 Å². The number of allylic oxidation sites excluding steroid dienone is 1. The third-order valence-corrected chi connectivity index (χ3v) is 13.2. The van der Waals surface area contributed by atoms with E-state index in [1.807, 2.05) is 12.2 Å². The third kappa shape index (κ3) is 6.77. The molecule has 190 valence electrons. The average Bonchev–Trinajstić information content (AvgIpc) is 2.96. The lowest BCUT2D eigenvalue weighted by Gasteiger charge is -2.44. The van der Waals surface area contributed by atoms with Gasteiger partial charge in [0.2, 0.25) is 0 Å². The van der Waals surface area contributed by atoms with Crippen molar-refractivity contribution in [2.45, 2.75) is 114 Å². The minimum Gasteiger partial charge on any atom is -0.466 e. The molecule has 8 heteroatoms. The first-order chi connectivity index (χ1) is 15.5. The van der Waals surface area contributed by atoms with E-state index in [9.17, 15) is 15.0 Å². The summed E-state index contributed by atoms with van der Waals surface area (Å²) in [5.74, 6) is -0.421. The van der Waals surface area contributed by atoms with Crippen LogP contribution in [0.4, 0.5) is 0 Å². The summed E-state index contributed by atoms with van der Waals surface area (Å²) < 4.78 is 23.7. The SMILES string of the molecule is COC(=O)/C=C/CC[C@H]1O[C@H]2CC=C[C@H](CO[Si](C(C)C)(C(C)C)C(C)C)O[C@@H]2[C@@H](O)[C@@H]1O. The summed E-state index contributed by atoms with van der Waals surface area (Å²) in [4.78, 5) is 11.2. The Balaban J connectivity index is 2.02. The summed E-state index contributed by atoms with van der Waals surface area (Å²) in [5.41, 5.74) is 1.42. The Morgan fingerprint density at radius 1 is 1.09 bits per heavy atom. The number of aliphatic hydroxyl groups is 2. The summed E-state index contributed by atoms with van der Waals surface area (Å²) in [6.45, 7) is 13.9. The van der Waals surface area contributed by atoms with E-state index in [0.29, 0.717) is 42.5 Å². The van der Waals surface area contributed by atoms with Crippen molar-refractivity contribution >= 4 is 14.3 Å². The Hall–Kier alpha value is -1.03. The Morgan fingerprint density at radius 3 is 2.30 bits per heavy atom. The van der Waals surface area contributed by atoms with Gasteiger partial charge in [-0.15, -0.1) is 0 Å². The van der Waals surface area contributed by atoms with Crippen molar-refractivity contribution in [3.63, 3.8) is 0 Å². The smallest absolute Gasteiger partial charge is 0.330 e. The maximum atomic E-state index is 11.2. The molecule has 2 rings (SSSR count). The van der Waals surface area contributed by atoms with Crippen LogP contribution >= 0.6 is 0 Å². The van der Waals surface area contributed by atoms with Gasteiger partial charge in [0.1, 0.15) is 18.3 Å². The molecular weight excluding hydrogens is 440 g/mol. The highest BCUT2D eigenvalue weighted by molar-refractivity contribution is 6.77. The molecule has 1 saturated heterocycles. The van der Waals surface area contributed by atoms with Gasteiger partial charge >= 0.3 is 5.97 Å². The number of carbonyl (C=O) groups excluding carboxylic acids is 1. The van der Waals surface area contributed by atoms with Crippen molar-refractivity contribution in [1.29, 1.82) is 0 Å². The van der Waals surface area contributed by atoms with Gasteiger partial charge in [0.15, 0.2) is 8.32 Å². The normalized spacial score (nSPS) is 30.8. The molecule has 2 aliphatic heterocycles. The molecule has 6 atom stereocenters. The lowest BCUT2D eigenvalue weighted by Crippen LogP contribution is -2.58. The minimum atomic E-state index is -2.04. The highest BCUT2D eigenvalue weighted by atomic mass is 28.4. The number of fused-ring (bicyclic) bond motifs is 1. The molecule has 0 unspecified atom stereocenters.